The summed E-state index contributed by atoms with van der Waals surface area (Å²) < 4.78 is 12.8. The first-order valence-electron chi connectivity index (χ1n) is 4.57. The summed E-state index contributed by atoms with van der Waals surface area (Å²) in [5, 5.41) is 0.223. The van der Waals surface area contributed by atoms with E-state index in [2.05, 4.69) is 13.8 Å². The van der Waals surface area contributed by atoms with E-state index in [0.29, 0.717) is 5.92 Å². The summed E-state index contributed by atoms with van der Waals surface area (Å²) in [7, 11) is 0. The summed E-state index contributed by atoms with van der Waals surface area (Å²) in [5.41, 5.74) is 1.11. The summed E-state index contributed by atoms with van der Waals surface area (Å²) in [4.78, 5) is 0. The van der Waals surface area contributed by atoms with Crippen molar-refractivity contribution in [2.24, 2.45) is 5.92 Å². The maximum absolute atomic E-state index is 12.8. The molecule has 13 heavy (non-hydrogen) atoms. The molecule has 1 aromatic rings. The molecular weight excluding hydrogens is 187 g/mol. The Hall–Kier alpha value is -0.560. The lowest BCUT2D eigenvalue weighted by Gasteiger charge is -2.08. The molecule has 0 saturated carbocycles. The van der Waals surface area contributed by atoms with Crippen LogP contribution < -0.4 is 0 Å². The Morgan fingerprint density at radius 3 is 2.69 bits per heavy atom. The van der Waals surface area contributed by atoms with Gasteiger partial charge in [-0.05, 0) is 30.0 Å². The van der Waals surface area contributed by atoms with Gasteiger partial charge in [0.25, 0.3) is 0 Å². The van der Waals surface area contributed by atoms with Crippen LogP contribution in [-0.2, 0) is 6.42 Å². The molecule has 72 valence electrons. The zero-order valence-electron chi connectivity index (χ0n) is 7.98. The second-order valence-electron chi connectivity index (χ2n) is 3.47. The van der Waals surface area contributed by atoms with Crippen molar-refractivity contribution in [3.05, 3.63) is 34.6 Å². The number of halogens is 2. The fraction of sp³-hybridized carbons (Fsp3) is 0.455. The van der Waals surface area contributed by atoms with Gasteiger partial charge in [0.1, 0.15) is 5.82 Å². The Kier molecular flexibility index (Phi) is 3.73. The summed E-state index contributed by atoms with van der Waals surface area (Å²) in [6, 6.07) is 4.94. The van der Waals surface area contributed by atoms with Gasteiger partial charge in [-0.15, -0.1) is 0 Å². The molecule has 0 fully saturated rings. The molecule has 0 aromatic heterocycles. The minimum atomic E-state index is -0.338. The molecule has 2 heteroatoms. The first-order chi connectivity index (χ1) is 6.13. The SMILES string of the molecule is CCC(C)Cc1ccc(F)c(Cl)c1. The molecular formula is C11H14ClF. The molecule has 0 aliphatic heterocycles. The van der Waals surface area contributed by atoms with Gasteiger partial charge >= 0.3 is 0 Å². The third-order valence-corrected chi connectivity index (χ3v) is 2.55. The van der Waals surface area contributed by atoms with E-state index in [1.54, 1.807) is 12.1 Å². The van der Waals surface area contributed by atoms with Gasteiger partial charge in [-0.2, -0.15) is 0 Å². The van der Waals surface area contributed by atoms with Gasteiger partial charge in [0.2, 0.25) is 0 Å². The van der Waals surface area contributed by atoms with E-state index < -0.39 is 0 Å². The van der Waals surface area contributed by atoms with Crippen molar-refractivity contribution < 1.29 is 4.39 Å². The molecule has 1 unspecified atom stereocenters. The predicted octanol–water partition coefficient (Wildman–Crippen LogP) is 4.07. The van der Waals surface area contributed by atoms with Crippen molar-refractivity contribution in [2.45, 2.75) is 26.7 Å². The maximum atomic E-state index is 12.8. The normalized spacial score (nSPS) is 12.9. The Balaban J connectivity index is 2.73. The van der Waals surface area contributed by atoms with Crippen LogP contribution in [0.25, 0.3) is 0 Å². The Morgan fingerprint density at radius 1 is 1.46 bits per heavy atom. The van der Waals surface area contributed by atoms with Crippen LogP contribution in [0.3, 0.4) is 0 Å². The second-order valence-corrected chi connectivity index (χ2v) is 3.87. The minimum absolute atomic E-state index is 0.223. The van der Waals surface area contributed by atoms with Crippen LogP contribution >= 0.6 is 11.6 Å². The second kappa shape index (κ2) is 4.61. The van der Waals surface area contributed by atoms with E-state index >= 15 is 0 Å². The topological polar surface area (TPSA) is 0 Å². The molecule has 1 atom stereocenters. The summed E-state index contributed by atoms with van der Waals surface area (Å²) in [6.07, 6.45) is 2.10. The van der Waals surface area contributed by atoms with Crippen molar-refractivity contribution in [1.29, 1.82) is 0 Å². The molecule has 0 aliphatic rings. The zero-order chi connectivity index (χ0) is 9.84. The highest BCUT2D eigenvalue weighted by molar-refractivity contribution is 6.30. The number of benzene rings is 1. The maximum Gasteiger partial charge on any atom is 0.141 e. The van der Waals surface area contributed by atoms with Crippen LogP contribution in [0, 0.1) is 11.7 Å². The fourth-order valence-corrected chi connectivity index (χ4v) is 1.42. The van der Waals surface area contributed by atoms with Gasteiger partial charge < -0.3 is 0 Å². The Morgan fingerprint density at radius 2 is 2.15 bits per heavy atom. The first kappa shape index (κ1) is 10.5. The van der Waals surface area contributed by atoms with Gasteiger partial charge in [-0.1, -0.05) is 37.9 Å². The van der Waals surface area contributed by atoms with Gasteiger partial charge in [0, 0.05) is 0 Å². The summed E-state index contributed by atoms with van der Waals surface area (Å²) in [5.74, 6) is 0.288. The highest BCUT2D eigenvalue weighted by Crippen LogP contribution is 2.19. The van der Waals surface area contributed by atoms with E-state index in [0.717, 1.165) is 18.4 Å². The van der Waals surface area contributed by atoms with Gasteiger partial charge in [-0.3, -0.25) is 0 Å². The van der Waals surface area contributed by atoms with Crippen LogP contribution in [-0.4, -0.2) is 0 Å². The zero-order valence-corrected chi connectivity index (χ0v) is 8.74. The molecule has 0 saturated heterocycles. The van der Waals surface area contributed by atoms with Gasteiger partial charge in [0.05, 0.1) is 5.02 Å². The van der Waals surface area contributed by atoms with E-state index in [1.807, 2.05) is 0 Å². The standard InChI is InChI=1S/C11H14ClF/c1-3-8(2)6-9-4-5-11(13)10(12)7-9/h4-5,7-8H,3,6H2,1-2H3. The van der Waals surface area contributed by atoms with Crippen molar-refractivity contribution in [2.75, 3.05) is 0 Å². The Labute approximate surface area is 83.7 Å². The lowest BCUT2D eigenvalue weighted by Crippen LogP contribution is -1.97. The average molecular weight is 201 g/mol. The molecule has 0 N–H and O–H groups in total. The minimum Gasteiger partial charge on any atom is -0.205 e. The molecule has 0 heterocycles. The third kappa shape index (κ3) is 3.00. The smallest absolute Gasteiger partial charge is 0.141 e. The number of hydrogen-bond donors (Lipinski definition) is 0. The van der Waals surface area contributed by atoms with Crippen LogP contribution in [0.2, 0.25) is 5.02 Å². The van der Waals surface area contributed by atoms with Crippen LogP contribution in [0.15, 0.2) is 18.2 Å². The molecule has 0 amide bonds. The highest BCUT2D eigenvalue weighted by atomic mass is 35.5. The number of rotatable bonds is 3. The lowest BCUT2D eigenvalue weighted by atomic mass is 9.99. The third-order valence-electron chi connectivity index (χ3n) is 2.27. The van der Waals surface area contributed by atoms with E-state index in [1.165, 1.54) is 6.07 Å². The van der Waals surface area contributed by atoms with Gasteiger partial charge in [-0.25, -0.2) is 4.39 Å². The molecule has 1 rings (SSSR count). The van der Waals surface area contributed by atoms with Crippen LogP contribution in [0.5, 0.6) is 0 Å². The molecule has 0 nitrogen and oxygen atoms in total. The van der Waals surface area contributed by atoms with Gasteiger partial charge in [0.15, 0.2) is 0 Å². The first-order valence-corrected chi connectivity index (χ1v) is 4.95. The predicted molar refractivity (Wildman–Crippen MR) is 54.6 cm³/mol. The fourth-order valence-electron chi connectivity index (χ4n) is 1.21. The van der Waals surface area contributed by atoms with Crippen LogP contribution in [0.1, 0.15) is 25.8 Å². The molecule has 0 bridgehead atoms. The highest BCUT2D eigenvalue weighted by Gasteiger charge is 2.04. The molecule has 1 aromatic carbocycles. The van der Waals surface area contributed by atoms with E-state index in [9.17, 15) is 4.39 Å². The quantitative estimate of drug-likeness (QED) is 0.690. The average Bonchev–Trinajstić information content (AvgIpc) is 2.11. The van der Waals surface area contributed by atoms with E-state index in [-0.39, 0.29) is 10.8 Å². The molecule has 0 radical (unpaired) electrons. The summed E-state index contributed by atoms with van der Waals surface area (Å²) in [6.45, 7) is 4.33. The van der Waals surface area contributed by atoms with Crippen molar-refractivity contribution >= 4 is 11.6 Å². The lowest BCUT2D eigenvalue weighted by molar-refractivity contribution is 0.558. The van der Waals surface area contributed by atoms with Crippen molar-refractivity contribution in [3.63, 3.8) is 0 Å². The largest absolute Gasteiger partial charge is 0.205 e. The monoisotopic (exact) mass is 200 g/mol. The van der Waals surface area contributed by atoms with Crippen molar-refractivity contribution in [3.8, 4) is 0 Å². The van der Waals surface area contributed by atoms with Crippen LogP contribution in [0.4, 0.5) is 4.39 Å². The van der Waals surface area contributed by atoms with E-state index in [4.69, 9.17) is 11.6 Å². The summed E-state index contributed by atoms with van der Waals surface area (Å²) >= 11 is 5.67. The van der Waals surface area contributed by atoms with Crippen molar-refractivity contribution in [1.82, 2.24) is 0 Å². The molecule has 0 spiro atoms. The Bertz CT molecular complexity index is 283. The number of hydrogen-bond acceptors (Lipinski definition) is 0. The molecule has 0 aliphatic carbocycles.